The van der Waals surface area contributed by atoms with Crippen molar-refractivity contribution in [1.82, 2.24) is 20.4 Å². The number of aryl methyl sites for hydroxylation is 1. The summed E-state index contributed by atoms with van der Waals surface area (Å²) in [6.45, 7) is 8.47. The van der Waals surface area contributed by atoms with Crippen LogP contribution in [0.5, 0.6) is 5.75 Å². The number of carbonyl (C=O) groups excluding carboxylic acids is 2. The number of ether oxygens (including phenoxy) is 1. The van der Waals surface area contributed by atoms with Crippen molar-refractivity contribution in [3.05, 3.63) is 107 Å². The molecule has 1 atom stereocenters. The lowest BCUT2D eigenvalue weighted by Crippen LogP contribution is -2.32. The molecule has 3 aromatic carbocycles. The number of hydrogen-bond donors (Lipinski definition) is 4. The lowest BCUT2D eigenvalue weighted by molar-refractivity contribution is 0.0523. The first kappa shape index (κ1) is 29.8. The Morgan fingerprint density at radius 3 is 2.47 bits per heavy atom. The van der Waals surface area contributed by atoms with E-state index in [0.29, 0.717) is 28.7 Å². The first-order chi connectivity index (χ1) is 20.5. The molecule has 5 rings (SSSR count). The highest BCUT2D eigenvalue weighted by Gasteiger charge is 2.24. The SMILES string of the molecule is Cc1cc(C(=O)Nc2cccc(C(NCC3CC3)c3ccc(O)cc3)c2)n(-c2cccc(CNC(=O)OC(C)(C)C)c2)n1. The number of alkyl carbamates (subject to hydrolysis) is 1. The molecule has 0 radical (unpaired) electrons. The van der Waals surface area contributed by atoms with Gasteiger partial charge in [0, 0.05) is 12.2 Å². The van der Waals surface area contributed by atoms with Crippen LogP contribution in [0.2, 0.25) is 0 Å². The van der Waals surface area contributed by atoms with Crippen molar-refractivity contribution in [2.45, 2.75) is 58.7 Å². The monoisotopic (exact) mass is 581 g/mol. The average molecular weight is 582 g/mol. The van der Waals surface area contributed by atoms with Gasteiger partial charge < -0.3 is 25.8 Å². The second-order valence-corrected chi connectivity index (χ2v) is 12.1. The van der Waals surface area contributed by atoms with E-state index >= 15 is 0 Å². The molecule has 1 aliphatic rings. The van der Waals surface area contributed by atoms with Crippen molar-refractivity contribution in [3.8, 4) is 11.4 Å². The molecule has 1 unspecified atom stereocenters. The highest BCUT2D eigenvalue weighted by atomic mass is 16.6. The Kier molecular flexibility index (Phi) is 8.82. The molecule has 0 bridgehead atoms. The molecule has 0 aliphatic heterocycles. The van der Waals surface area contributed by atoms with Crippen LogP contribution in [0.1, 0.15) is 72.5 Å². The Morgan fingerprint density at radius 2 is 1.74 bits per heavy atom. The van der Waals surface area contributed by atoms with Crippen LogP contribution in [0.3, 0.4) is 0 Å². The predicted octanol–water partition coefficient (Wildman–Crippen LogP) is 6.25. The minimum Gasteiger partial charge on any atom is -0.508 e. The maximum absolute atomic E-state index is 13.6. The van der Waals surface area contributed by atoms with E-state index in [1.165, 1.54) is 12.8 Å². The van der Waals surface area contributed by atoms with Gasteiger partial charge in [-0.3, -0.25) is 4.79 Å². The van der Waals surface area contributed by atoms with Crippen LogP contribution in [-0.2, 0) is 11.3 Å². The smallest absolute Gasteiger partial charge is 0.407 e. The van der Waals surface area contributed by atoms with E-state index in [0.717, 1.165) is 23.2 Å². The highest BCUT2D eigenvalue weighted by Crippen LogP contribution is 2.31. The fraction of sp³-hybridized carbons (Fsp3) is 0.324. The van der Waals surface area contributed by atoms with Crippen molar-refractivity contribution in [2.24, 2.45) is 5.92 Å². The fourth-order valence-electron chi connectivity index (χ4n) is 4.84. The highest BCUT2D eigenvalue weighted by molar-refractivity contribution is 6.03. The zero-order valence-corrected chi connectivity index (χ0v) is 25.1. The van der Waals surface area contributed by atoms with Crippen LogP contribution >= 0.6 is 0 Å². The van der Waals surface area contributed by atoms with Crippen LogP contribution < -0.4 is 16.0 Å². The molecule has 1 fully saturated rings. The van der Waals surface area contributed by atoms with Gasteiger partial charge in [0.2, 0.25) is 0 Å². The molecule has 9 nitrogen and oxygen atoms in total. The number of phenols is 1. The lowest BCUT2D eigenvalue weighted by atomic mass is 9.97. The second-order valence-electron chi connectivity index (χ2n) is 12.1. The predicted molar refractivity (Wildman–Crippen MR) is 166 cm³/mol. The molecule has 9 heteroatoms. The van der Waals surface area contributed by atoms with Gasteiger partial charge >= 0.3 is 6.09 Å². The number of aromatic hydroxyl groups is 1. The second kappa shape index (κ2) is 12.7. The number of carbonyl (C=O) groups is 2. The maximum atomic E-state index is 13.6. The first-order valence-electron chi connectivity index (χ1n) is 14.6. The molecular formula is C34H39N5O4. The summed E-state index contributed by atoms with van der Waals surface area (Å²) < 4.78 is 6.94. The molecule has 2 amide bonds. The number of phenolic OH excluding ortho intramolecular Hbond substituents is 1. The van der Waals surface area contributed by atoms with Crippen LogP contribution in [0, 0.1) is 12.8 Å². The Hall–Kier alpha value is -4.63. The number of aromatic nitrogens is 2. The standard InChI is InChI=1S/C34H39N5O4/c1-22-17-30(39(38-22)28-10-5-7-24(18-28)21-36-33(42)43-34(2,3)4)32(41)37-27-9-6-8-26(19-27)31(35-20-23-11-12-23)25-13-15-29(40)16-14-25/h5-10,13-19,23,31,35,40H,11-12,20-21H2,1-4H3,(H,36,42)(H,37,41). The Labute approximate surface area is 252 Å². The molecule has 4 aromatic rings. The van der Waals surface area contributed by atoms with Crippen LogP contribution in [0.4, 0.5) is 10.5 Å². The molecule has 1 saturated carbocycles. The normalized spacial score (nSPS) is 13.8. The third kappa shape index (κ3) is 8.23. The fourth-order valence-corrected chi connectivity index (χ4v) is 4.84. The van der Waals surface area contributed by atoms with Gasteiger partial charge in [0.1, 0.15) is 17.0 Å². The molecule has 4 N–H and O–H groups in total. The van der Waals surface area contributed by atoms with Gasteiger partial charge in [-0.05, 0) is 112 Å². The number of hydrogen-bond acceptors (Lipinski definition) is 6. The minimum atomic E-state index is -0.583. The van der Waals surface area contributed by atoms with Gasteiger partial charge in [-0.25, -0.2) is 9.48 Å². The van der Waals surface area contributed by atoms with Crippen molar-refractivity contribution in [2.75, 3.05) is 11.9 Å². The third-order valence-corrected chi connectivity index (χ3v) is 7.07. The molecule has 0 spiro atoms. The molecular weight excluding hydrogens is 542 g/mol. The van der Waals surface area contributed by atoms with Gasteiger partial charge in [-0.1, -0.05) is 36.4 Å². The van der Waals surface area contributed by atoms with Gasteiger partial charge in [-0.2, -0.15) is 5.10 Å². The van der Waals surface area contributed by atoms with Gasteiger partial charge in [-0.15, -0.1) is 0 Å². The molecule has 43 heavy (non-hydrogen) atoms. The van der Waals surface area contributed by atoms with Gasteiger partial charge in [0.05, 0.1) is 17.4 Å². The third-order valence-electron chi connectivity index (χ3n) is 7.07. The number of benzene rings is 3. The summed E-state index contributed by atoms with van der Waals surface area (Å²) in [4.78, 5) is 25.7. The zero-order valence-electron chi connectivity index (χ0n) is 25.1. The van der Waals surface area contributed by atoms with Gasteiger partial charge in [0.15, 0.2) is 0 Å². The Balaban J connectivity index is 1.33. The van der Waals surface area contributed by atoms with Crippen LogP contribution in [0.15, 0.2) is 78.9 Å². The number of rotatable bonds is 10. The van der Waals surface area contributed by atoms with Gasteiger partial charge in [0.25, 0.3) is 5.91 Å². The summed E-state index contributed by atoms with van der Waals surface area (Å²) in [5, 5.41) is 23.9. The van der Waals surface area contributed by atoms with Crippen molar-refractivity contribution < 1.29 is 19.4 Å². The first-order valence-corrected chi connectivity index (χ1v) is 14.6. The number of amides is 2. The van der Waals surface area contributed by atoms with Crippen LogP contribution in [0.25, 0.3) is 5.69 Å². The van der Waals surface area contributed by atoms with E-state index in [4.69, 9.17) is 4.74 Å². The van der Waals surface area contributed by atoms with E-state index in [2.05, 4.69) is 21.0 Å². The molecule has 224 valence electrons. The van der Waals surface area contributed by atoms with E-state index in [1.807, 2.05) is 88.4 Å². The van der Waals surface area contributed by atoms with Crippen molar-refractivity contribution in [3.63, 3.8) is 0 Å². The summed E-state index contributed by atoms with van der Waals surface area (Å²) in [6, 6.07) is 24.2. The Bertz CT molecular complexity index is 1590. The topological polar surface area (TPSA) is 118 Å². The Morgan fingerprint density at radius 1 is 1.00 bits per heavy atom. The molecule has 1 aromatic heterocycles. The van der Waals surface area contributed by atoms with Crippen molar-refractivity contribution in [1.29, 1.82) is 0 Å². The number of nitrogens with one attached hydrogen (secondary N) is 3. The molecule has 1 heterocycles. The molecule has 1 aliphatic carbocycles. The lowest BCUT2D eigenvalue weighted by Gasteiger charge is -2.21. The minimum absolute atomic E-state index is 0.0807. The number of anilines is 1. The number of nitrogens with zero attached hydrogens (tertiary/aromatic N) is 2. The summed E-state index contributed by atoms with van der Waals surface area (Å²) in [5.74, 6) is 0.627. The van der Waals surface area contributed by atoms with Crippen molar-refractivity contribution >= 4 is 17.7 Å². The largest absolute Gasteiger partial charge is 0.508 e. The van der Waals surface area contributed by atoms with E-state index < -0.39 is 11.7 Å². The quantitative estimate of drug-likeness (QED) is 0.176. The summed E-state index contributed by atoms with van der Waals surface area (Å²) in [5.41, 5.74) is 4.77. The summed E-state index contributed by atoms with van der Waals surface area (Å²) >= 11 is 0. The van der Waals surface area contributed by atoms with E-state index in [-0.39, 0.29) is 24.2 Å². The molecule has 0 saturated heterocycles. The maximum Gasteiger partial charge on any atom is 0.407 e. The zero-order chi connectivity index (χ0) is 30.6. The van der Waals surface area contributed by atoms with E-state index in [1.54, 1.807) is 22.9 Å². The van der Waals surface area contributed by atoms with E-state index in [9.17, 15) is 14.7 Å². The summed E-state index contributed by atoms with van der Waals surface area (Å²) in [7, 11) is 0. The van der Waals surface area contributed by atoms with Crippen LogP contribution in [-0.4, -0.2) is 39.0 Å². The summed E-state index contributed by atoms with van der Waals surface area (Å²) in [6.07, 6.45) is 1.98. The average Bonchev–Trinajstić information content (AvgIpc) is 3.71.